The average molecular weight is 283 g/mol. The monoisotopic (exact) mass is 283 g/mol. The SMILES string of the molecule is C/C(N)=C(/C#N)C(=O)CSc1ccc2ccccc2n1. The lowest BCUT2D eigenvalue weighted by molar-refractivity contribution is -0.112. The minimum absolute atomic E-state index is 0.0262. The van der Waals surface area contributed by atoms with Gasteiger partial charge in [-0.25, -0.2) is 4.98 Å². The van der Waals surface area contributed by atoms with Crippen LogP contribution in [0.4, 0.5) is 0 Å². The van der Waals surface area contributed by atoms with E-state index in [2.05, 4.69) is 4.98 Å². The van der Waals surface area contributed by atoms with Gasteiger partial charge in [-0.05, 0) is 19.1 Å². The molecule has 0 atom stereocenters. The second-order valence-electron chi connectivity index (χ2n) is 4.22. The van der Waals surface area contributed by atoms with E-state index < -0.39 is 0 Å². The Balaban J connectivity index is 2.12. The number of benzene rings is 1. The van der Waals surface area contributed by atoms with Gasteiger partial charge in [-0.3, -0.25) is 4.79 Å². The van der Waals surface area contributed by atoms with E-state index in [0.717, 1.165) is 15.9 Å². The summed E-state index contributed by atoms with van der Waals surface area (Å²) in [6, 6.07) is 13.4. The van der Waals surface area contributed by atoms with Gasteiger partial charge in [0.25, 0.3) is 0 Å². The van der Waals surface area contributed by atoms with Gasteiger partial charge >= 0.3 is 0 Å². The minimum atomic E-state index is -0.271. The van der Waals surface area contributed by atoms with E-state index in [1.165, 1.54) is 11.8 Å². The molecule has 0 bridgehead atoms. The maximum absolute atomic E-state index is 11.8. The number of aromatic nitrogens is 1. The number of para-hydroxylation sites is 1. The van der Waals surface area contributed by atoms with Crippen LogP contribution in [0.2, 0.25) is 0 Å². The largest absolute Gasteiger partial charge is 0.401 e. The van der Waals surface area contributed by atoms with Crippen LogP contribution in [0, 0.1) is 11.3 Å². The number of nitrogens with zero attached hydrogens (tertiary/aromatic N) is 2. The molecule has 0 saturated carbocycles. The fourth-order valence-corrected chi connectivity index (χ4v) is 2.46. The molecule has 0 unspecified atom stereocenters. The highest BCUT2D eigenvalue weighted by Gasteiger charge is 2.12. The van der Waals surface area contributed by atoms with Crippen LogP contribution >= 0.6 is 11.8 Å². The van der Waals surface area contributed by atoms with Crippen molar-refractivity contribution in [2.24, 2.45) is 5.73 Å². The molecule has 20 heavy (non-hydrogen) atoms. The number of thioether (sulfide) groups is 1. The quantitative estimate of drug-likeness (QED) is 0.530. The molecule has 2 N–H and O–H groups in total. The fourth-order valence-electron chi connectivity index (χ4n) is 1.71. The van der Waals surface area contributed by atoms with Crippen molar-refractivity contribution in [1.82, 2.24) is 4.98 Å². The third-order valence-electron chi connectivity index (χ3n) is 2.71. The van der Waals surface area contributed by atoms with Crippen LogP contribution in [-0.2, 0) is 4.79 Å². The number of fused-ring (bicyclic) bond motifs is 1. The number of hydrogen-bond donors (Lipinski definition) is 1. The lowest BCUT2D eigenvalue weighted by Gasteiger charge is -2.03. The summed E-state index contributed by atoms with van der Waals surface area (Å²) in [6.45, 7) is 1.55. The normalized spacial score (nSPS) is 11.8. The van der Waals surface area contributed by atoms with Crippen LogP contribution in [0.3, 0.4) is 0 Å². The van der Waals surface area contributed by atoms with Gasteiger partial charge in [0.2, 0.25) is 0 Å². The second-order valence-corrected chi connectivity index (χ2v) is 5.22. The smallest absolute Gasteiger partial charge is 0.185 e. The molecular weight excluding hydrogens is 270 g/mol. The van der Waals surface area contributed by atoms with Crippen molar-refractivity contribution in [3.63, 3.8) is 0 Å². The Morgan fingerprint density at radius 1 is 1.35 bits per heavy atom. The van der Waals surface area contributed by atoms with Crippen molar-refractivity contribution in [1.29, 1.82) is 5.26 Å². The first-order chi connectivity index (χ1) is 9.61. The number of Topliss-reactive ketones (excluding diaryl/α,β-unsaturated/α-hetero) is 1. The third kappa shape index (κ3) is 3.16. The fraction of sp³-hybridized carbons (Fsp3) is 0.133. The summed E-state index contributed by atoms with van der Waals surface area (Å²) in [7, 11) is 0. The number of hydrogen-bond acceptors (Lipinski definition) is 5. The van der Waals surface area contributed by atoms with Crippen molar-refractivity contribution in [3.8, 4) is 6.07 Å². The Morgan fingerprint density at radius 3 is 2.80 bits per heavy atom. The molecule has 4 nitrogen and oxygen atoms in total. The summed E-state index contributed by atoms with van der Waals surface area (Å²) in [5.74, 6) is -0.115. The number of nitriles is 1. The summed E-state index contributed by atoms with van der Waals surface area (Å²) >= 11 is 1.30. The predicted octanol–water partition coefficient (Wildman–Crippen LogP) is 2.65. The molecule has 0 saturated heterocycles. The summed E-state index contributed by atoms with van der Waals surface area (Å²) in [5.41, 5.74) is 6.67. The summed E-state index contributed by atoms with van der Waals surface area (Å²) in [4.78, 5) is 16.3. The third-order valence-corrected chi connectivity index (χ3v) is 3.64. The summed E-state index contributed by atoms with van der Waals surface area (Å²) in [6.07, 6.45) is 0. The number of pyridine rings is 1. The van der Waals surface area contributed by atoms with Crippen molar-refractivity contribution < 1.29 is 4.79 Å². The van der Waals surface area contributed by atoms with Crippen LogP contribution in [0.5, 0.6) is 0 Å². The Hall–Kier alpha value is -2.32. The van der Waals surface area contributed by atoms with Crippen LogP contribution in [0.25, 0.3) is 10.9 Å². The van der Waals surface area contributed by atoms with Crippen molar-refractivity contribution >= 4 is 28.4 Å². The highest BCUT2D eigenvalue weighted by molar-refractivity contribution is 7.99. The lowest BCUT2D eigenvalue weighted by atomic mass is 10.2. The molecule has 0 spiro atoms. The van der Waals surface area contributed by atoms with Gasteiger partial charge in [-0.1, -0.05) is 36.0 Å². The zero-order chi connectivity index (χ0) is 14.5. The zero-order valence-electron chi connectivity index (χ0n) is 11.0. The number of ketones is 1. The Bertz CT molecular complexity index is 727. The second kappa shape index (κ2) is 6.22. The van der Waals surface area contributed by atoms with E-state index in [9.17, 15) is 4.79 Å². The van der Waals surface area contributed by atoms with E-state index >= 15 is 0 Å². The van der Waals surface area contributed by atoms with E-state index in [-0.39, 0.29) is 22.8 Å². The first kappa shape index (κ1) is 14.1. The molecular formula is C15H13N3OS. The summed E-state index contributed by atoms with van der Waals surface area (Å²) < 4.78 is 0. The standard InChI is InChI=1S/C15H13N3OS/c1-10(17)12(8-16)14(19)9-20-15-7-6-11-4-2-3-5-13(11)18-15/h2-7H,9,17H2,1H3/b12-10+. The van der Waals surface area contributed by atoms with Crippen molar-refractivity contribution in [2.75, 3.05) is 5.75 Å². The average Bonchev–Trinajstić information content (AvgIpc) is 2.45. The van der Waals surface area contributed by atoms with Gasteiger partial charge in [0, 0.05) is 11.1 Å². The Kier molecular flexibility index (Phi) is 4.38. The van der Waals surface area contributed by atoms with Crippen LogP contribution < -0.4 is 5.73 Å². The highest BCUT2D eigenvalue weighted by Crippen LogP contribution is 2.20. The molecule has 2 aromatic rings. The van der Waals surface area contributed by atoms with Crippen LogP contribution in [-0.4, -0.2) is 16.5 Å². The first-order valence-corrected chi connectivity index (χ1v) is 6.98. The molecule has 1 aromatic carbocycles. The van der Waals surface area contributed by atoms with Gasteiger partial charge in [0.15, 0.2) is 5.78 Å². The van der Waals surface area contributed by atoms with E-state index in [4.69, 9.17) is 11.0 Å². The number of carbonyl (C=O) groups excluding carboxylic acids is 1. The number of carbonyl (C=O) groups is 1. The molecule has 5 heteroatoms. The molecule has 0 fully saturated rings. The van der Waals surface area contributed by atoms with Crippen molar-refractivity contribution in [2.45, 2.75) is 11.9 Å². The molecule has 100 valence electrons. The van der Waals surface area contributed by atoms with E-state index in [1.54, 1.807) is 6.92 Å². The number of allylic oxidation sites excluding steroid dienone is 2. The zero-order valence-corrected chi connectivity index (χ0v) is 11.8. The Morgan fingerprint density at radius 2 is 2.10 bits per heavy atom. The molecule has 0 radical (unpaired) electrons. The van der Waals surface area contributed by atoms with Crippen LogP contribution in [0.15, 0.2) is 52.7 Å². The number of rotatable bonds is 4. The topological polar surface area (TPSA) is 79.8 Å². The summed E-state index contributed by atoms with van der Waals surface area (Å²) in [5, 5.41) is 10.7. The van der Waals surface area contributed by atoms with Gasteiger partial charge in [-0.15, -0.1) is 0 Å². The molecule has 1 heterocycles. The molecule has 1 aromatic heterocycles. The maximum Gasteiger partial charge on any atom is 0.185 e. The van der Waals surface area contributed by atoms with Gasteiger partial charge in [-0.2, -0.15) is 5.26 Å². The molecule has 0 aliphatic carbocycles. The highest BCUT2D eigenvalue weighted by atomic mass is 32.2. The van der Waals surface area contributed by atoms with Gasteiger partial charge in [0.1, 0.15) is 11.6 Å². The molecule has 2 rings (SSSR count). The van der Waals surface area contributed by atoms with E-state index in [1.807, 2.05) is 42.5 Å². The molecule has 0 amide bonds. The predicted molar refractivity (Wildman–Crippen MR) is 80.0 cm³/mol. The maximum atomic E-state index is 11.8. The number of nitrogens with two attached hydrogens (primary N) is 1. The molecule has 0 aliphatic heterocycles. The minimum Gasteiger partial charge on any atom is -0.401 e. The molecule has 0 aliphatic rings. The van der Waals surface area contributed by atoms with Gasteiger partial charge in [0.05, 0.1) is 16.3 Å². The first-order valence-electron chi connectivity index (χ1n) is 6.00. The lowest BCUT2D eigenvalue weighted by Crippen LogP contribution is -2.10. The van der Waals surface area contributed by atoms with Gasteiger partial charge < -0.3 is 5.73 Å². The van der Waals surface area contributed by atoms with Crippen LogP contribution in [0.1, 0.15) is 6.92 Å². The van der Waals surface area contributed by atoms with E-state index in [0.29, 0.717) is 0 Å². The Labute approximate surface area is 121 Å². The van der Waals surface area contributed by atoms with Crippen molar-refractivity contribution in [3.05, 3.63) is 47.7 Å².